The number of hydrogen-bond acceptors (Lipinski definition) is 2. The predicted octanol–water partition coefficient (Wildman–Crippen LogP) is 2.18. The van der Waals surface area contributed by atoms with Gasteiger partial charge in [0.05, 0.1) is 0 Å². The topological polar surface area (TPSA) is 40.6 Å². The van der Waals surface area contributed by atoms with E-state index in [0.717, 1.165) is 45.2 Å². The number of piperidine rings is 1. The summed E-state index contributed by atoms with van der Waals surface area (Å²) in [6.07, 6.45) is 6.66. The van der Waals surface area contributed by atoms with Gasteiger partial charge in [-0.3, -0.25) is 9.59 Å². The van der Waals surface area contributed by atoms with Crippen LogP contribution in [0.2, 0.25) is 0 Å². The lowest BCUT2D eigenvalue weighted by molar-refractivity contribution is -0.146. The molecule has 2 atom stereocenters. The second-order valence-electron chi connectivity index (χ2n) is 5.87. The molecule has 0 unspecified atom stereocenters. The standard InChI is InChI=1S/C15H26N2O2/c1-3-7-14(18)17-11-6-9-13(17)15(19)16-10-5-4-8-12(16)2/h12-13H,3-11H2,1-2H3/t12-,13-/m0/s1. The van der Waals surface area contributed by atoms with E-state index >= 15 is 0 Å². The molecule has 2 aliphatic rings. The Labute approximate surface area is 116 Å². The SMILES string of the molecule is CCCC(=O)N1CCC[C@H]1C(=O)N1CCCC[C@@H]1C. The van der Waals surface area contributed by atoms with E-state index in [4.69, 9.17) is 0 Å². The lowest BCUT2D eigenvalue weighted by Crippen LogP contribution is -2.51. The quantitative estimate of drug-likeness (QED) is 0.785. The molecule has 19 heavy (non-hydrogen) atoms. The molecular formula is C15H26N2O2. The molecule has 2 fully saturated rings. The van der Waals surface area contributed by atoms with Crippen LogP contribution in [0.5, 0.6) is 0 Å². The summed E-state index contributed by atoms with van der Waals surface area (Å²) >= 11 is 0. The van der Waals surface area contributed by atoms with Gasteiger partial charge >= 0.3 is 0 Å². The van der Waals surface area contributed by atoms with Gasteiger partial charge in [-0.05, 0) is 45.4 Å². The first-order valence-corrected chi connectivity index (χ1v) is 7.75. The van der Waals surface area contributed by atoms with Crippen molar-refractivity contribution in [2.24, 2.45) is 0 Å². The van der Waals surface area contributed by atoms with E-state index in [0.29, 0.717) is 12.5 Å². The molecule has 108 valence electrons. The molecule has 0 N–H and O–H groups in total. The number of carbonyl (C=O) groups excluding carboxylic acids is 2. The zero-order valence-electron chi connectivity index (χ0n) is 12.2. The number of nitrogens with zero attached hydrogens (tertiary/aromatic N) is 2. The van der Waals surface area contributed by atoms with E-state index in [9.17, 15) is 9.59 Å². The van der Waals surface area contributed by atoms with Crippen LogP contribution >= 0.6 is 0 Å². The molecule has 2 saturated heterocycles. The van der Waals surface area contributed by atoms with Crippen molar-refractivity contribution in [3.63, 3.8) is 0 Å². The molecule has 4 heteroatoms. The van der Waals surface area contributed by atoms with Gasteiger partial charge in [-0.25, -0.2) is 0 Å². The Hall–Kier alpha value is -1.06. The van der Waals surface area contributed by atoms with Gasteiger partial charge in [0.15, 0.2) is 0 Å². The first-order valence-electron chi connectivity index (χ1n) is 7.75. The highest BCUT2D eigenvalue weighted by Gasteiger charge is 2.37. The van der Waals surface area contributed by atoms with E-state index in [1.165, 1.54) is 6.42 Å². The van der Waals surface area contributed by atoms with Gasteiger partial charge in [-0.1, -0.05) is 6.92 Å². The van der Waals surface area contributed by atoms with Crippen LogP contribution in [-0.4, -0.2) is 46.8 Å². The highest BCUT2D eigenvalue weighted by molar-refractivity contribution is 5.88. The third kappa shape index (κ3) is 3.10. The van der Waals surface area contributed by atoms with Crippen molar-refractivity contribution < 1.29 is 9.59 Å². The Morgan fingerprint density at radius 3 is 2.47 bits per heavy atom. The maximum absolute atomic E-state index is 12.7. The fourth-order valence-electron chi connectivity index (χ4n) is 3.30. The lowest BCUT2D eigenvalue weighted by Gasteiger charge is -2.37. The predicted molar refractivity (Wildman–Crippen MR) is 74.7 cm³/mol. The Bertz CT molecular complexity index is 343. The Morgan fingerprint density at radius 2 is 1.79 bits per heavy atom. The van der Waals surface area contributed by atoms with Gasteiger partial charge in [0.1, 0.15) is 6.04 Å². The second kappa shape index (κ2) is 6.40. The summed E-state index contributed by atoms with van der Waals surface area (Å²) in [6, 6.07) is 0.157. The first-order chi connectivity index (χ1) is 9.15. The fourth-order valence-corrected chi connectivity index (χ4v) is 3.30. The highest BCUT2D eigenvalue weighted by Crippen LogP contribution is 2.24. The van der Waals surface area contributed by atoms with Gasteiger partial charge < -0.3 is 9.80 Å². The molecule has 4 nitrogen and oxygen atoms in total. The molecule has 0 spiro atoms. The Kier molecular flexibility index (Phi) is 4.83. The van der Waals surface area contributed by atoms with Gasteiger partial charge in [0.2, 0.25) is 11.8 Å². The van der Waals surface area contributed by atoms with Gasteiger partial charge in [0.25, 0.3) is 0 Å². The summed E-state index contributed by atoms with van der Waals surface area (Å²) in [4.78, 5) is 28.6. The summed E-state index contributed by atoms with van der Waals surface area (Å²) < 4.78 is 0. The molecule has 0 saturated carbocycles. The van der Waals surface area contributed by atoms with Crippen LogP contribution in [0.1, 0.15) is 58.8 Å². The highest BCUT2D eigenvalue weighted by atomic mass is 16.2. The molecule has 2 heterocycles. The van der Waals surface area contributed by atoms with Crippen LogP contribution in [0.25, 0.3) is 0 Å². The lowest BCUT2D eigenvalue weighted by atomic mass is 10.0. The molecule has 0 aromatic carbocycles. The summed E-state index contributed by atoms with van der Waals surface area (Å²) in [5, 5.41) is 0. The maximum atomic E-state index is 12.7. The van der Waals surface area contributed by atoms with E-state index in [1.807, 2.05) is 16.7 Å². The summed E-state index contributed by atoms with van der Waals surface area (Å²) in [5.74, 6) is 0.345. The zero-order chi connectivity index (χ0) is 13.8. The molecule has 0 aliphatic carbocycles. The van der Waals surface area contributed by atoms with Crippen molar-refractivity contribution in [3.05, 3.63) is 0 Å². The second-order valence-corrected chi connectivity index (χ2v) is 5.87. The van der Waals surface area contributed by atoms with Crippen molar-refractivity contribution in [2.75, 3.05) is 13.1 Å². The van der Waals surface area contributed by atoms with Crippen LogP contribution < -0.4 is 0 Å². The zero-order valence-corrected chi connectivity index (χ0v) is 12.2. The minimum Gasteiger partial charge on any atom is -0.338 e. The molecule has 0 aromatic heterocycles. The Balaban J connectivity index is 2.02. The number of rotatable bonds is 3. The number of likely N-dealkylation sites (tertiary alicyclic amines) is 2. The van der Waals surface area contributed by atoms with Crippen LogP contribution in [0.3, 0.4) is 0 Å². The molecule has 2 aliphatic heterocycles. The summed E-state index contributed by atoms with van der Waals surface area (Å²) in [6.45, 7) is 5.77. The van der Waals surface area contributed by atoms with Crippen LogP contribution in [0.4, 0.5) is 0 Å². The van der Waals surface area contributed by atoms with Crippen LogP contribution in [0, 0.1) is 0 Å². The van der Waals surface area contributed by atoms with Crippen molar-refractivity contribution in [1.29, 1.82) is 0 Å². The number of hydrogen-bond donors (Lipinski definition) is 0. The van der Waals surface area contributed by atoms with Gasteiger partial charge in [0, 0.05) is 25.6 Å². The fraction of sp³-hybridized carbons (Fsp3) is 0.867. The summed E-state index contributed by atoms with van der Waals surface area (Å²) in [7, 11) is 0. The van der Waals surface area contributed by atoms with Crippen LogP contribution in [0.15, 0.2) is 0 Å². The third-order valence-electron chi connectivity index (χ3n) is 4.41. The molecule has 2 rings (SSSR count). The largest absolute Gasteiger partial charge is 0.338 e. The monoisotopic (exact) mass is 266 g/mol. The maximum Gasteiger partial charge on any atom is 0.245 e. The van der Waals surface area contributed by atoms with Crippen LogP contribution in [-0.2, 0) is 9.59 Å². The molecular weight excluding hydrogens is 240 g/mol. The van der Waals surface area contributed by atoms with Crippen molar-refractivity contribution in [3.8, 4) is 0 Å². The molecule has 0 aromatic rings. The van der Waals surface area contributed by atoms with Crippen molar-refractivity contribution in [1.82, 2.24) is 9.80 Å². The van der Waals surface area contributed by atoms with Gasteiger partial charge in [-0.15, -0.1) is 0 Å². The van der Waals surface area contributed by atoms with E-state index < -0.39 is 0 Å². The summed E-state index contributed by atoms with van der Waals surface area (Å²) in [5.41, 5.74) is 0. The number of carbonyl (C=O) groups is 2. The third-order valence-corrected chi connectivity index (χ3v) is 4.41. The van der Waals surface area contributed by atoms with E-state index in [-0.39, 0.29) is 17.9 Å². The Morgan fingerprint density at radius 1 is 1.05 bits per heavy atom. The molecule has 0 bridgehead atoms. The average Bonchev–Trinajstić information content (AvgIpc) is 2.88. The van der Waals surface area contributed by atoms with E-state index in [2.05, 4.69) is 6.92 Å². The molecule has 2 amide bonds. The first kappa shape index (κ1) is 14.4. The minimum absolute atomic E-state index is 0.156. The van der Waals surface area contributed by atoms with Crippen molar-refractivity contribution in [2.45, 2.75) is 70.9 Å². The average molecular weight is 266 g/mol. The minimum atomic E-state index is -0.181. The number of amides is 2. The van der Waals surface area contributed by atoms with Crippen molar-refractivity contribution >= 4 is 11.8 Å². The normalized spacial score (nSPS) is 27.7. The van der Waals surface area contributed by atoms with Gasteiger partial charge in [-0.2, -0.15) is 0 Å². The molecule has 0 radical (unpaired) electrons. The van der Waals surface area contributed by atoms with E-state index in [1.54, 1.807) is 0 Å². The smallest absolute Gasteiger partial charge is 0.245 e.